The van der Waals surface area contributed by atoms with Gasteiger partial charge in [0.15, 0.2) is 5.96 Å². The van der Waals surface area contributed by atoms with Crippen LogP contribution in [0.1, 0.15) is 36.8 Å². The number of guanidine groups is 1. The molecule has 2 heterocycles. The average Bonchev–Trinajstić information content (AvgIpc) is 3.39. The summed E-state index contributed by atoms with van der Waals surface area (Å²) in [5.74, 6) is 1.55. The molecule has 0 aliphatic carbocycles. The number of benzene rings is 1. The average molecular weight is 523 g/mol. The number of rotatable bonds is 8. The molecule has 0 aliphatic heterocycles. The largest absolute Gasteiger partial charge is 0.469 e. The lowest BCUT2D eigenvalue weighted by Crippen LogP contribution is -2.41. The van der Waals surface area contributed by atoms with E-state index in [0.29, 0.717) is 12.5 Å². The van der Waals surface area contributed by atoms with Gasteiger partial charge < -0.3 is 20.2 Å². The Morgan fingerprint density at radius 1 is 1.27 bits per heavy atom. The molecule has 0 aliphatic rings. The summed E-state index contributed by atoms with van der Waals surface area (Å²) in [6, 6.07) is 14.1. The summed E-state index contributed by atoms with van der Waals surface area (Å²) in [5, 5.41) is 21.7. The highest BCUT2D eigenvalue weighted by atomic mass is 127. The minimum atomic E-state index is -1.11. The molecule has 8 heteroatoms. The maximum Gasteiger partial charge on any atom is 0.191 e. The topological polar surface area (TPSA) is 87.6 Å². The molecule has 2 atom stereocenters. The molecule has 0 fully saturated rings. The molecule has 30 heavy (non-hydrogen) atoms. The molecule has 0 radical (unpaired) electrons. The van der Waals surface area contributed by atoms with Crippen molar-refractivity contribution in [2.45, 2.75) is 31.9 Å². The number of nitrogens with zero attached hydrogens (tertiary/aromatic N) is 3. The van der Waals surface area contributed by atoms with Gasteiger partial charge in [0.2, 0.25) is 0 Å². The first-order valence-corrected chi connectivity index (χ1v) is 9.78. The molecule has 2 unspecified atom stereocenters. The normalized spacial score (nSPS) is 14.5. The number of aliphatic hydroxyl groups is 1. The second-order valence-electron chi connectivity index (χ2n) is 7.37. The van der Waals surface area contributed by atoms with E-state index in [1.54, 1.807) is 30.3 Å². The Balaban J connectivity index is 0.00000320. The number of halogens is 1. The first-order valence-electron chi connectivity index (χ1n) is 9.78. The van der Waals surface area contributed by atoms with E-state index in [-0.39, 0.29) is 36.6 Å². The van der Waals surface area contributed by atoms with Crippen LogP contribution in [0.25, 0.3) is 0 Å². The smallest absolute Gasteiger partial charge is 0.191 e. The summed E-state index contributed by atoms with van der Waals surface area (Å²) < 4.78 is 7.06. The van der Waals surface area contributed by atoms with Crippen LogP contribution in [-0.4, -0.2) is 33.9 Å². The molecule has 0 spiro atoms. The molecule has 2 aromatic heterocycles. The number of hydrogen-bond donors (Lipinski definition) is 3. The quantitative estimate of drug-likeness (QED) is 0.240. The molecule has 3 N–H and O–H groups in total. The Labute approximate surface area is 194 Å². The molecule has 0 saturated heterocycles. The molecular formula is C22H30IN5O2. The molecule has 3 rings (SSSR count). The Bertz CT molecular complexity index is 907. The third kappa shape index (κ3) is 6.88. The van der Waals surface area contributed by atoms with Crippen molar-refractivity contribution >= 4 is 29.9 Å². The fraction of sp³-hybridized carbons (Fsp3) is 0.364. The Kier molecular flexibility index (Phi) is 8.91. The van der Waals surface area contributed by atoms with Crippen molar-refractivity contribution in [3.8, 4) is 0 Å². The highest BCUT2D eigenvalue weighted by Gasteiger charge is 2.24. The molecule has 0 saturated carbocycles. The fourth-order valence-corrected chi connectivity index (χ4v) is 2.97. The van der Waals surface area contributed by atoms with Gasteiger partial charge in [-0.25, -0.2) is 4.99 Å². The van der Waals surface area contributed by atoms with E-state index >= 15 is 0 Å². The van der Waals surface area contributed by atoms with Gasteiger partial charge in [0.1, 0.15) is 11.4 Å². The van der Waals surface area contributed by atoms with Crippen LogP contribution in [0.2, 0.25) is 0 Å². The van der Waals surface area contributed by atoms with E-state index in [1.807, 2.05) is 37.4 Å². The zero-order chi connectivity index (χ0) is 20.7. The highest BCUT2D eigenvalue weighted by Crippen LogP contribution is 2.20. The zero-order valence-corrected chi connectivity index (χ0v) is 19.9. The number of furan rings is 1. The third-order valence-corrected chi connectivity index (χ3v) is 4.77. The first kappa shape index (κ1) is 23.9. The van der Waals surface area contributed by atoms with E-state index in [0.717, 1.165) is 23.3 Å². The van der Waals surface area contributed by atoms with Gasteiger partial charge >= 0.3 is 0 Å². The minimum Gasteiger partial charge on any atom is -0.469 e. The van der Waals surface area contributed by atoms with Crippen molar-refractivity contribution in [2.75, 3.05) is 13.1 Å². The molecule has 162 valence electrons. The Morgan fingerprint density at radius 3 is 2.67 bits per heavy atom. The number of nitrogens with one attached hydrogen (secondary N) is 2. The zero-order valence-electron chi connectivity index (χ0n) is 17.6. The summed E-state index contributed by atoms with van der Waals surface area (Å²) >= 11 is 0. The summed E-state index contributed by atoms with van der Waals surface area (Å²) in [4.78, 5) is 4.64. The van der Waals surface area contributed by atoms with Gasteiger partial charge in [0.05, 0.1) is 25.0 Å². The van der Waals surface area contributed by atoms with E-state index < -0.39 is 5.60 Å². The van der Waals surface area contributed by atoms with Gasteiger partial charge in [-0.15, -0.1) is 24.0 Å². The predicted molar refractivity (Wildman–Crippen MR) is 129 cm³/mol. The summed E-state index contributed by atoms with van der Waals surface area (Å²) in [7, 11) is 1.83. The van der Waals surface area contributed by atoms with Gasteiger partial charge in [-0.1, -0.05) is 30.3 Å². The van der Waals surface area contributed by atoms with E-state index in [1.165, 1.54) is 0 Å². The van der Waals surface area contributed by atoms with Crippen molar-refractivity contribution in [3.63, 3.8) is 0 Å². The maximum absolute atomic E-state index is 10.8. The lowest BCUT2D eigenvalue weighted by Gasteiger charge is -2.22. The molecular weight excluding hydrogens is 493 g/mol. The van der Waals surface area contributed by atoms with Crippen molar-refractivity contribution in [2.24, 2.45) is 12.0 Å². The van der Waals surface area contributed by atoms with Crippen molar-refractivity contribution in [1.29, 1.82) is 0 Å². The van der Waals surface area contributed by atoms with Crippen LogP contribution in [0.3, 0.4) is 0 Å². The summed E-state index contributed by atoms with van der Waals surface area (Å²) in [5.41, 5.74) is 0.779. The van der Waals surface area contributed by atoms with Crippen LogP contribution in [0, 0.1) is 0 Å². The van der Waals surface area contributed by atoms with Crippen LogP contribution >= 0.6 is 24.0 Å². The van der Waals surface area contributed by atoms with Gasteiger partial charge in [0.25, 0.3) is 0 Å². The van der Waals surface area contributed by atoms with E-state index in [2.05, 4.69) is 39.8 Å². The molecule has 0 amide bonds. The van der Waals surface area contributed by atoms with Crippen LogP contribution in [0.15, 0.2) is 70.5 Å². The van der Waals surface area contributed by atoms with E-state index in [4.69, 9.17) is 4.42 Å². The number of aromatic nitrogens is 2. The number of hydrogen-bond acceptors (Lipinski definition) is 4. The number of aliphatic imine (C=N–C) groups is 1. The minimum absolute atomic E-state index is 0. The second-order valence-corrected chi connectivity index (χ2v) is 7.37. The molecule has 7 nitrogen and oxygen atoms in total. The fourth-order valence-electron chi connectivity index (χ4n) is 2.97. The highest BCUT2D eigenvalue weighted by molar-refractivity contribution is 14.0. The Hall–Kier alpha value is -2.33. The summed E-state index contributed by atoms with van der Waals surface area (Å²) in [6.07, 6.45) is 5.89. The van der Waals surface area contributed by atoms with Crippen LogP contribution in [0.5, 0.6) is 0 Å². The van der Waals surface area contributed by atoms with Crippen molar-refractivity contribution in [3.05, 3.63) is 78.0 Å². The first-order chi connectivity index (χ1) is 13.9. The monoisotopic (exact) mass is 523 g/mol. The van der Waals surface area contributed by atoms with Crippen LogP contribution < -0.4 is 10.6 Å². The van der Waals surface area contributed by atoms with Crippen LogP contribution in [0.4, 0.5) is 0 Å². The van der Waals surface area contributed by atoms with Crippen molar-refractivity contribution < 1.29 is 9.52 Å². The van der Waals surface area contributed by atoms with Gasteiger partial charge in [-0.05, 0) is 31.5 Å². The molecule has 3 aromatic rings. The third-order valence-electron chi connectivity index (χ3n) is 4.77. The Morgan fingerprint density at radius 2 is 2.03 bits per heavy atom. The molecule has 0 bridgehead atoms. The standard InChI is InChI=1S/C22H29N5O2.HI/c1-17(18-8-5-4-6-9-18)26-21(23-12-11-20-10-7-13-29-20)24-16-22(2,28)19-14-25-27(3)15-19;/h4-10,13-15,17,28H,11-12,16H2,1-3H3,(H2,23,24,26);1H. The van der Waals surface area contributed by atoms with E-state index in [9.17, 15) is 5.11 Å². The lowest BCUT2D eigenvalue weighted by atomic mass is 10.0. The van der Waals surface area contributed by atoms with Crippen molar-refractivity contribution in [1.82, 2.24) is 20.4 Å². The summed E-state index contributed by atoms with van der Waals surface area (Å²) in [6.45, 7) is 4.69. The predicted octanol–water partition coefficient (Wildman–Crippen LogP) is 3.38. The lowest BCUT2D eigenvalue weighted by molar-refractivity contribution is 0.0671. The number of aryl methyl sites for hydroxylation is 1. The van der Waals surface area contributed by atoms with Gasteiger partial charge in [-0.3, -0.25) is 4.68 Å². The maximum atomic E-state index is 10.8. The molecule has 1 aromatic carbocycles. The SMILES string of the molecule is CC(NC(=NCC(C)(O)c1cnn(C)c1)NCCc1ccco1)c1ccccc1.I. The van der Waals surface area contributed by atoms with Gasteiger partial charge in [0, 0.05) is 31.8 Å². The second kappa shape index (κ2) is 11.2. The van der Waals surface area contributed by atoms with Crippen LogP contribution in [-0.2, 0) is 19.1 Å². The van der Waals surface area contributed by atoms with Gasteiger partial charge in [-0.2, -0.15) is 5.10 Å².